The lowest BCUT2D eigenvalue weighted by atomic mass is 9.57. The van der Waals surface area contributed by atoms with Gasteiger partial charge < -0.3 is 5.32 Å². The molecular weight excluding hydrogens is 292 g/mol. The zero-order chi connectivity index (χ0) is 16.1. The molecule has 118 valence electrons. The Morgan fingerprint density at radius 2 is 2.23 bits per heavy atom. The van der Waals surface area contributed by atoms with Gasteiger partial charge in [-0.3, -0.25) is 4.79 Å². The summed E-state index contributed by atoms with van der Waals surface area (Å²) >= 11 is 1.63. The topological polar surface area (TPSA) is 42.0 Å². The highest BCUT2D eigenvalue weighted by Gasteiger charge is 2.45. The highest BCUT2D eigenvalue weighted by molar-refractivity contribution is 7.17. The summed E-state index contributed by atoms with van der Waals surface area (Å²) in [5, 5.41) is 3.57. The van der Waals surface area contributed by atoms with Gasteiger partial charge in [0.2, 0.25) is 5.91 Å². The van der Waals surface area contributed by atoms with E-state index in [1.165, 1.54) is 22.9 Å². The lowest BCUT2D eigenvalue weighted by Gasteiger charge is -2.47. The van der Waals surface area contributed by atoms with Crippen molar-refractivity contribution < 1.29 is 4.79 Å². The number of fused-ring (bicyclic) bond motifs is 3. The van der Waals surface area contributed by atoms with Gasteiger partial charge in [0, 0.05) is 6.92 Å². The summed E-state index contributed by atoms with van der Waals surface area (Å²) in [6, 6.07) is 0. The van der Waals surface area contributed by atoms with E-state index in [-0.39, 0.29) is 11.3 Å². The molecule has 1 aromatic heterocycles. The third-order valence-electron chi connectivity index (χ3n) is 5.54. The SMILES string of the molecule is C=C(C)[C@@H]1CC=C2c3sc(NC(C)=O)nc3CC[C@]2(C)[C@H]1C. The van der Waals surface area contributed by atoms with Gasteiger partial charge in [0.25, 0.3) is 0 Å². The Balaban J connectivity index is 2.02. The third-order valence-corrected chi connectivity index (χ3v) is 6.59. The molecule has 0 bridgehead atoms. The van der Waals surface area contributed by atoms with Crippen molar-refractivity contribution in [2.24, 2.45) is 17.3 Å². The predicted octanol–water partition coefficient (Wildman–Crippen LogP) is 4.67. The van der Waals surface area contributed by atoms with E-state index in [1.54, 1.807) is 11.3 Å². The van der Waals surface area contributed by atoms with E-state index in [0.717, 1.165) is 30.1 Å². The van der Waals surface area contributed by atoms with Gasteiger partial charge in [-0.15, -0.1) is 0 Å². The van der Waals surface area contributed by atoms with Crippen LogP contribution in [0.1, 0.15) is 51.1 Å². The van der Waals surface area contributed by atoms with Crippen LogP contribution in [-0.4, -0.2) is 10.9 Å². The fraction of sp³-hybridized carbons (Fsp3) is 0.556. The molecule has 4 heteroatoms. The Kier molecular flexibility index (Phi) is 3.76. The van der Waals surface area contributed by atoms with Crippen molar-refractivity contribution in [1.29, 1.82) is 0 Å². The summed E-state index contributed by atoms with van der Waals surface area (Å²) in [5.74, 6) is 1.10. The molecule has 22 heavy (non-hydrogen) atoms. The van der Waals surface area contributed by atoms with Crippen molar-refractivity contribution in [2.75, 3.05) is 5.32 Å². The standard InChI is InChI=1S/C18H24N2OS/c1-10(2)13-6-7-14-16-15(8-9-18(14,5)11(13)3)20-17(22-16)19-12(4)21/h7,11,13H,1,6,8-9H2,2-5H3,(H,19,20,21)/t11-,13-,18+/m0/s1. The maximum Gasteiger partial charge on any atom is 0.223 e. The molecule has 0 radical (unpaired) electrons. The molecule has 2 aliphatic rings. The minimum atomic E-state index is -0.0535. The van der Waals surface area contributed by atoms with Crippen LogP contribution in [0.4, 0.5) is 5.13 Å². The van der Waals surface area contributed by atoms with Crippen molar-refractivity contribution in [1.82, 2.24) is 4.98 Å². The van der Waals surface area contributed by atoms with Gasteiger partial charge in [0.05, 0.1) is 10.6 Å². The monoisotopic (exact) mass is 316 g/mol. The number of hydrogen-bond acceptors (Lipinski definition) is 3. The van der Waals surface area contributed by atoms with Gasteiger partial charge in [0.1, 0.15) is 0 Å². The molecule has 3 rings (SSSR count). The first-order valence-electron chi connectivity index (χ1n) is 7.96. The second-order valence-corrected chi connectivity index (χ2v) is 7.99. The highest BCUT2D eigenvalue weighted by Crippen LogP contribution is 2.57. The van der Waals surface area contributed by atoms with Gasteiger partial charge in [-0.2, -0.15) is 0 Å². The van der Waals surface area contributed by atoms with Crippen LogP contribution in [0.25, 0.3) is 5.57 Å². The second kappa shape index (κ2) is 5.34. The number of nitrogens with zero attached hydrogens (tertiary/aromatic N) is 1. The van der Waals surface area contributed by atoms with Crippen molar-refractivity contribution in [3.8, 4) is 0 Å². The maximum atomic E-state index is 11.3. The van der Waals surface area contributed by atoms with E-state index in [0.29, 0.717) is 11.8 Å². The van der Waals surface area contributed by atoms with Crippen molar-refractivity contribution in [3.05, 3.63) is 28.8 Å². The normalized spacial score (nSPS) is 30.1. The average molecular weight is 316 g/mol. The molecule has 0 saturated carbocycles. The van der Waals surface area contributed by atoms with Crippen LogP contribution < -0.4 is 5.32 Å². The molecule has 0 aromatic carbocycles. The fourth-order valence-electron chi connectivity index (χ4n) is 4.03. The van der Waals surface area contributed by atoms with Crippen LogP contribution in [0, 0.1) is 17.3 Å². The number of thiazole rings is 1. The van der Waals surface area contributed by atoms with E-state index >= 15 is 0 Å². The van der Waals surface area contributed by atoms with Crippen LogP contribution >= 0.6 is 11.3 Å². The smallest absolute Gasteiger partial charge is 0.223 e. The number of anilines is 1. The number of hydrogen-bond donors (Lipinski definition) is 1. The van der Waals surface area contributed by atoms with Gasteiger partial charge in [-0.25, -0.2) is 4.98 Å². The second-order valence-electron chi connectivity index (χ2n) is 6.99. The molecule has 3 nitrogen and oxygen atoms in total. The van der Waals surface area contributed by atoms with Gasteiger partial charge in [0.15, 0.2) is 5.13 Å². The molecule has 1 amide bonds. The molecule has 0 fully saturated rings. The van der Waals surface area contributed by atoms with Crippen LogP contribution in [-0.2, 0) is 11.2 Å². The summed E-state index contributed by atoms with van der Waals surface area (Å²) in [6.07, 6.45) is 5.58. The van der Waals surface area contributed by atoms with Gasteiger partial charge >= 0.3 is 0 Å². The van der Waals surface area contributed by atoms with Crippen molar-refractivity contribution in [3.63, 3.8) is 0 Å². The van der Waals surface area contributed by atoms with Crippen LogP contribution in [0.3, 0.4) is 0 Å². The van der Waals surface area contributed by atoms with Crippen LogP contribution in [0.15, 0.2) is 18.2 Å². The number of nitrogens with one attached hydrogen (secondary N) is 1. The van der Waals surface area contributed by atoms with E-state index < -0.39 is 0 Å². The Morgan fingerprint density at radius 1 is 1.50 bits per heavy atom. The lowest BCUT2D eigenvalue weighted by Crippen LogP contribution is -2.38. The van der Waals surface area contributed by atoms with Crippen LogP contribution in [0.5, 0.6) is 0 Å². The number of allylic oxidation sites excluding steroid dienone is 3. The number of rotatable bonds is 2. The van der Waals surface area contributed by atoms with Crippen molar-refractivity contribution >= 4 is 27.9 Å². The van der Waals surface area contributed by atoms with E-state index in [2.05, 4.69) is 43.7 Å². The zero-order valence-electron chi connectivity index (χ0n) is 13.8. The Labute approximate surface area is 136 Å². The van der Waals surface area contributed by atoms with E-state index in [9.17, 15) is 4.79 Å². The summed E-state index contributed by atoms with van der Waals surface area (Å²) in [6.45, 7) is 12.6. The summed E-state index contributed by atoms with van der Waals surface area (Å²) < 4.78 is 0. The quantitative estimate of drug-likeness (QED) is 0.806. The number of amides is 1. The first-order valence-corrected chi connectivity index (χ1v) is 8.78. The van der Waals surface area contributed by atoms with Crippen LogP contribution in [0.2, 0.25) is 0 Å². The minimum absolute atomic E-state index is 0.0535. The van der Waals surface area contributed by atoms with Gasteiger partial charge in [-0.05, 0) is 49.0 Å². The largest absolute Gasteiger partial charge is 0.302 e. The Morgan fingerprint density at radius 3 is 2.86 bits per heavy atom. The highest BCUT2D eigenvalue weighted by atomic mass is 32.1. The molecule has 0 aliphatic heterocycles. The maximum absolute atomic E-state index is 11.3. The molecule has 1 heterocycles. The number of aromatic nitrogens is 1. The summed E-state index contributed by atoms with van der Waals surface area (Å²) in [4.78, 5) is 17.2. The molecule has 1 N–H and O–H groups in total. The minimum Gasteiger partial charge on any atom is -0.302 e. The Hall–Kier alpha value is -1.42. The van der Waals surface area contributed by atoms with E-state index in [1.807, 2.05) is 0 Å². The molecule has 0 saturated heterocycles. The number of carbonyl (C=O) groups is 1. The predicted molar refractivity (Wildman–Crippen MR) is 92.9 cm³/mol. The average Bonchev–Trinajstić information content (AvgIpc) is 2.81. The first kappa shape index (κ1) is 15.5. The fourth-order valence-corrected chi connectivity index (χ4v) is 5.26. The number of aryl methyl sites for hydroxylation is 1. The number of carbonyl (C=O) groups excluding carboxylic acids is 1. The van der Waals surface area contributed by atoms with E-state index in [4.69, 9.17) is 0 Å². The molecule has 0 unspecified atom stereocenters. The molecular formula is C18H24N2OS. The molecule has 1 aromatic rings. The van der Waals surface area contributed by atoms with Gasteiger partial charge in [-0.1, -0.05) is 43.4 Å². The zero-order valence-corrected chi connectivity index (χ0v) is 14.6. The molecule has 0 spiro atoms. The summed E-state index contributed by atoms with van der Waals surface area (Å²) in [7, 11) is 0. The molecule has 3 atom stereocenters. The lowest BCUT2D eigenvalue weighted by molar-refractivity contribution is -0.114. The van der Waals surface area contributed by atoms with Crippen molar-refractivity contribution in [2.45, 2.75) is 47.0 Å². The molecule has 2 aliphatic carbocycles. The first-order chi connectivity index (χ1) is 10.3. The Bertz CT molecular complexity index is 673. The summed E-state index contributed by atoms with van der Waals surface area (Å²) in [5.41, 5.74) is 4.07. The third kappa shape index (κ3) is 2.34.